The zero-order valence-corrected chi connectivity index (χ0v) is 8.45. The minimum atomic E-state index is 0.156. The maximum atomic E-state index is 11.7. The van der Waals surface area contributed by atoms with Crippen LogP contribution in [0.2, 0.25) is 0 Å². The molecule has 2 rings (SSSR count). The first kappa shape index (κ1) is 9.00. The van der Waals surface area contributed by atoms with Crippen LogP contribution in [0.1, 0.15) is 18.1 Å². The molecule has 1 heterocycles. The molecule has 72 valence electrons. The quantitative estimate of drug-likeness (QED) is 0.608. The fraction of sp³-hybridized carbons (Fsp3) is 0.250. The van der Waals surface area contributed by atoms with E-state index in [9.17, 15) is 4.79 Å². The number of fused-ring (bicyclic) bond motifs is 1. The molecule has 0 N–H and O–H groups in total. The highest BCUT2D eigenvalue weighted by Crippen LogP contribution is 2.20. The summed E-state index contributed by atoms with van der Waals surface area (Å²) in [6.07, 6.45) is 2.56. The zero-order chi connectivity index (χ0) is 10.1. The molecule has 14 heavy (non-hydrogen) atoms. The van der Waals surface area contributed by atoms with E-state index in [0.29, 0.717) is 6.42 Å². The lowest BCUT2D eigenvalue weighted by atomic mass is 10.1. The molecule has 1 amide bonds. The molecular formula is C12H13NO. The number of carbonyl (C=O) groups excluding carboxylic acids is 1. The summed E-state index contributed by atoms with van der Waals surface area (Å²) >= 11 is 0. The van der Waals surface area contributed by atoms with Crippen molar-refractivity contribution in [3.63, 3.8) is 0 Å². The van der Waals surface area contributed by atoms with E-state index >= 15 is 0 Å². The van der Waals surface area contributed by atoms with Gasteiger partial charge in [-0.25, -0.2) is 0 Å². The normalized spacial score (nSPS) is 16.0. The molecule has 1 aromatic carbocycles. The van der Waals surface area contributed by atoms with E-state index in [-0.39, 0.29) is 5.91 Å². The highest BCUT2D eigenvalue weighted by molar-refractivity contribution is 5.84. The van der Waals surface area contributed by atoms with Crippen LogP contribution >= 0.6 is 0 Å². The average Bonchev–Trinajstić information content (AvgIpc) is 2.28. The summed E-state index contributed by atoms with van der Waals surface area (Å²) in [6.45, 7) is 1.96. The highest BCUT2D eigenvalue weighted by Gasteiger charge is 2.16. The highest BCUT2D eigenvalue weighted by atomic mass is 16.2. The van der Waals surface area contributed by atoms with Gasteiger partial charge in [-0.2, -0.15) is 0 Å². The number of nitrogens with zero attached hydrogens (tertiary/aromatic N) is 1. The summed E-state index contributed by atoms with van der Waals surface area (Å²) in [5, 5.41) is 0. The molecular weight excluding hydrogens is 174 g/mol. The monoisotopic (exact) mass is 187 g/mol. The van der Waals surface area contributed by atoms with Crippen molar-refractivity contribution in [1.29, 1.82) is 0 Å². The summed E-state index contributed by atoms with van der Waals surface area (Å²) < 4.78 is 0. The van der Waals surface area contributed by atoms with E-state index in [1.807, 2.05) is 38.2 Å². The molecule has 0 saturated heterocycles. The molecule has 1 aliphatic rings. The fourth-order valence-electron chi connectivity index (χ4n) is 1.64. The summed E-state index contributed by atoms with van der Waals surface area (Å²) in [6, 6.07) is 8.03. The maximum Gasteiger partial charge on any atom is 0.230 e. The van der Waals surface area contributed by atoms with E-state index in [2.05, 4.69) is 6.08 Å². The molecule has 0 bridgehead atoms. The van der Waals surface area contributed by atoms with Crippen LogP contribution in [-0.4, -0.2) is 17.9 Å². The summed E-state index contributed by atoms with van der Waals surface area (Å²) in [5.41, 5.74) is 3.27. The largest absolute Gasteiger partial charge is 0.319 e. The number of allylic oxidation sites excluding steroid dienone is 1. The molecule has 0 radical (unpaired) electrons. The van der Waals surface area contributed by atoms with Gasteiger partial charge in [-0.3, -0.25) is 4.79 Å². The average molecular weight is 187 g/mol. The molecule has 0 aromatic heterocycles. The Morgan fingerprint density at radius 1 is 1.29 bits per heavy atom. The number of likely N-dealkylation sites (N-methyl/N-ethyl adjacent to an activating group) is 1. The van der Waals surface area contributed by atoms with Gasteiger partial charge in [-0.05, 0) is 24.1 Å². The van der Waals surface area contributed by atoms with Crippen LogP contribution in [0.3, 0.4) is 0 Å². The lowest BCUT2D eigenvalue weighted by Gasteiger charge is -2.14. The molecule has 0 aliphatic carbocycles. The molecule has 1 aromatic rings. The number of hydrogen-bond acceptors (Lipinski definition) is 1. The number of carbonyl (C=O) groups is 1. The SMILES string of the molecule is CC1=Cc2ccccc2CC(=O)N1C. The standard InChI is InChI=1S/C12H13NO/c1-9-7-10-5-3-4-6-11(10)8-12(14)13(9)2/h3-7H,8H2,1-2H3. The third-order valence-electron chi connectivity index (χ3n) is 2.66. The third-order valence-corrected chi connectivity index (χ3v) is 2.66. The number of amides is 1. The second-order valence-electron chi connectivity index (χ2n) is 3.61. The number of benzene rings is 1. The predicted octanol–water partition coefficient (Wildman–Crippen LogP) is 2.06. The molecule has 0 atom stereocenters. The van der Waals surface area contributed by atoms with Crippen LogP contribution in [0.4, 0.5) is 0 Å². The van der Waals surface area contributed by atoms with Crippen molar-refractivity contribution in [2.75, 3.05) is 7.05 Å². The van der Waals surface area contributed by atoms with Crippen molar-refractivity contribution in [2.24, 2.45) is 0 Å². The summed E-state index contributed by atoms with van der Waals surface area (Å²) in [4.78, 5) is 13.4. The molecule has 2 nitrogen and oxygen atoms in total. The van der Waals surface area contributed by atoms with Crippen molar-refractivity contribution < 1.29 is 4.79 Å². The summed E-state index contributed by atoms with van der Waals surface area (Å²) in [5.74, 6) is 0.156. The first-order valence-electron chi connectivity index (χ1n) is 4.71. The Morgan fingerprint density at radius 3 is 2.79 bits per heavy atom. The maximum absolute atomic E-state index is 11.7. The Kier molecular flexibility index (Phi) is 2.12. The Labute approximate surface area is 83.8 Å². The van der Waals surface area contributed by atoms with Gasteiger partial charge in [-0.15, -0.1) is 0 Å². The van der Waals surface area contributed by atoms with Gasteiger partial charge in [0.2, 0.25) is 5.91 Å². The van der Waals surface area contributed by atoms with Gasteiger partial charge in [0.25, 0.3) is 0 Å². The van der Waals surface area contributed by atoms with E-state index in [0.717, 1.165) is 16.8 Å². The molecule has 0 saturated carbocycles. The van der Waals surface area contributed by atoms with Crippen molar-refractivity contribution in [2.45, 2.75) is 13.3 Å². The summed E-state index contributed by atoms with van der Waals surface area (Å²) in [7, 11) is 1.82. The number of rotatable bonds is 0. The zero-order valence-electron chi connectivity index (χ0n) is 8.45. The Balaban J connectivity index is 2.53. The van der Waals surface area contributed by atoms with Crippen LogP contribution in [0.15, 0.2) is 30.0 Å². The van der Waals surface area contributed by atoms with Crippen LogP contribution in [0.25, 0.3) is 6.08 Å². The second-order valence-corrected chi connectivity index (χ2v) is 3.61. The van der Waals surface area contributed by atoms with Crippen molar-refractivity contribution in [3.8, 4) is 0 Å². The van der Waals surface area contributed by atoms with E-state index < -0.39 is 0 Å². The van der Waals surface area contributed by atoms with Gasteiger partial charge in [0, 0.05) is 12.7 Å². The van der Waals surface area contributed by atoms with E-state index in [4.69, 9.17) is 0 Å². The topological polar surface area (TPSA) is 20.3 Å². The van der Waals surface area contributed by atoms with Crippen molar-refractivity contribution in [3.05, 3.63) is 41.1 Å². The molecule has 1 aliphatic heterocycles. The number of hydrogen-bond donors (Lipinski definition) is 0. The van der Waals surface area contributed by atoms with Gasteiger partial charge < -0.3 is 4.90 Å². The van der Waals surface area contributed by atoms with Crippen LogP contribution < -0.4 is 0 Å². The lowest BCUT2D eigenvalue weighted by molar-refractivity contribution is -0.127. The van der Waals surface area contributed by atoms with Gasteiger partial charge in [0.1, 0.15) is 0 Å². The van der Waals surface area contributed by atoms with Crippen LogP contribution in [0.5, 0.6) is 0 Å². The van der Waals surface area contributed by atoms with Crippen LogP contribution in [0, 0.1) is 0 Å². The van der Waals surface area contributed by atoms with Gasteiger partial charge in [0.15, 0.2) is 0 Å². The third kappa shape index (κ3) is 1.43. The van der Waals surface area contributed by atoms with Gasteiger partial charge in [0.05, 0.1) is 6.42 Å². The Bertz CT molecular complexity index is 407. The minimum Gasteiger partial charge on any atom is -0.319 e. The molecule has 0 spiro atoms. The lowest BCUT2D eigenvalue weighted by Crippen LogP contribution is -2.24. The van der Waals surface area contributed by atoms with Crippen LogP contribution in [-0.2, 0) is 11.2 Å². The Morgan fingerprint density at radius 2 is 2.00 bits per heavy atom. The second kappa shape index (κ2) is 3.29. The van der Waals surface area contributed by atoms with Gasteiger partial charge in [-0.1, -0.05) is 24.3 Å². The smallest absolute Gasteiger partial charge is 0.230 e. The minimum absolute atomic E-state index is 0.156. The fourth-order valence-corrected chi connectivity index (χ4v) is 1.64. The molecule has 2 heteroatoms. The van der Waals surface area contributed by atoms with Gasteiger partial charge >= 0.3 is 0 Å². The molecule has 0 unspecified atom stereocenters. The first-order valence-corrected chi connectivity index (χ1v) is 4.71. The molecule has 0 fully saturated rings. The van der Waals surface area contributed by atoms with Crippen molar-refractivity contribution in [1.82, 2.24) is 4.90 Å². The van der Waals surface area contributed by atoms with E-state index in [1.54, 1.807) is 4.90 Å². The first-order chi connectivity index (χ1) is 6.68. The van der Waals surface area contributed by atoms with E-state index in [1.165, 1.54) is 0 Å². The van der Waals surface area contributed by atoms with Crippen molar-refractivity contribution >= 4 is 12.0 Å². The Hall–Kier alpha value is -1.57. The predicted molar refractivity (Wildman–Crippen MR) is 56.6 cm³/mol.